The molecule has 0 amide bonds. The van der Waals surface area contributed by atoms with Crippen LogP contribution in [0.4, 0.5) is 0 Å². The van der Waals surface area contributed by atoms with Crippen molar-refractivity contribution in [3.05, 3.63) is 252 Å². The predicted octanol–water partition coefficient (Wildman–Crippen LogP) is 23.2. The Morgan fingerprint density at radius 2 is 0.394 bits per heavy atom. The Hall–Kier alpha value is -8.80. The Labute approximate surface area is 638 Å². The van der Waals surface area contributed by atoms with E-state index in [1.165, 1.54) is 0 Å². The van der Waals surface area contributed by atoms with Crippen LogP contribution < -0.4 is 0 Å². The molecule has 536 valence electrons. The number of rotatable bonds is 16. The summed E-state index contributed by atoms with van der Waals surface area (Å²) in [6.07, 6.45) is -0.0560. The fourth-order valence-corrected chi connectivity index (χ4v) is 17.7. The van der Waals surface area contributed by atoms with Gasteiger partial charge in [-0.3, -0.25) is 0 Å². The highest BCUT2D eigenvalue weighted by molar-refractivity contribution is 9.11. The first-order valence-corrected chi connectivity index (χ1v) is 38.5. The normalized spacial score (nSPS) is 15.5. The quantitative estimate of drug-likeness (QED) is 0.0432. The van der Waals surface area contributed by atoms with Gasteiger partial charge < -0.3 is 61.3 Å². The molecule has 12 aromatic rings. The van der Waals surface area contributed by atoms with Crippen molar-refractivity contribution in [2.75, 3.05) is 0 Å². The number of phenolic OH excluding ortho intramolecular Hbond substituents is 12. The maximum Gasteiger partial charge on any atom is 0.126 e. The number of fused-ring (bicyclic) bond motifs is 12. The maximum atomic E-state index is 13.8. The Morgan fingerprint density at radius 1 is 0.231 bits per heavy atom. The summed E-state index contributed by atoms with van der Waals surface area (Å²) in [5.41, 5.74) is 3.63. The maximum absolute atomic E-state index is 13.8. The number of hydrogen-bond donors (Lipinski definition) is 12. The fourth-order valence-electron chi connectivity index (χ4n) is 16.2. The second-order valence-corrected chi connectivity index (χ2v) is 33.7. The van der Waals surface area contributed by atoms with Gasteiger partial charge in [0, 0.05) is 156 Å². The van der Waals surface area contributed by atoms with Crippen molar-refractivity contribution >= 4 is 107 Å². The van der Waals surface area contributed by atoms with E-state index in [2.05, 4.69) is 63.7 Å². The lowest BCUT2D eigenvalue weighted by molar-refractivity contribution is 0.402. The van der Waals surface area contributed by atoms with Gasteiger partial charge >= 0.3 is 0 Å². The number of phenols is 12. The minimum Gasteiger partial charge on any atom is -0.508 e. The molecule has 0 spiro atoms. The number of benzene rings is 12. The molecule has 104 heavy (non-hydrogen) atoms. The van der Waals surface area contributed by atoms with Gasteiger partial charge in [0.25, 0.3) is 0 Å². The summed E-state index contributed by atoms with van der Waals surface area (Å²) in [4.78, 5) is 0. The summed E-state index contributed by atoms with van der Waals surface area (Å²) in [5.74, 6) is -8.07. The summed E-state index contributed by atoms with van der Waals surface area (Å²) < 4.78 is 2.86. The summed E-state index contributed by atoms with van der Waals surface area (Å²) in [7, 11) is 0. The minimum atomic E-state index is -1.01. The van der Waals surface area contributed by atoms with Crippen molar-refractivity contribution in [3.63, 3.8) is 0 Å². The van der Waals surface area contributed by atoms with Gasteiger partial charge in [0.05, 0.1) is 0 Å². The van der Waals surface area contributed by atoms with E-state index in [-0.39, 0.29) is 211 Å². The van der Waals surface area contributed by atoms with Gasteiger partial charge in [-0.1, -0.05) is 168 Å². The Morgan fingerprint density at radius 3 is 0.558 bits per heavy atom. The predicted molar refractivity (Wildman–Crippen MR) is 429 cm³/mol. The minimum absolute atomic E-state index is 0.0242. The first-order chi connectivity index (χ1) is 49.5. The van der Waals surface area contributed by atoms with Crippen LogP contribution in [0.5, 0.6) is 69.0 Å². The molecule has 0 unspecified atom stereocenters. The number of hydrogen-bond acceptors (Lipinski definition) is 12. The summed E-state index contributed by atoms with van der Waals surface area (Å²) in [6, 6.07) is 43.0. The number of aromatic hydroxyl groups is 12. The van der Waals surface area contributed by atoms with Gasteiger partial charge in [0.1, 0.15) is 69.0 Å². The third-order valence-electron chi connectivity index (χ3n) is 21.2. The van der Waals surface area contributed by atoms with Crippen molar-refractivity contribution in [2.45, 2.75) is 130 Å². The zero-order valence-electron chi connectivity index (χ0n) is 59.0. The van der Waals surface area contributed by atoms with Gasteiger partial charge in [-0.05, 0) is 190 Å². The third kappa shape index (κ3) is 13.8. The van der Waals surface area contributed by atoms with Crippen LogP contribution in [0, 0.1) is 23.7 Å². The lowest BCUT2D eigenvalue weighted by atomic mass is 9.72. The van der Waals surface area contributed by atoms with Gasteiger partial charge in [0.2, 0.25) is 0 Å². The summed E-state index contributed by atoms with van der Waals surface area (Å²) in [6.45, 7) is 16.1. The average molecular weight is 1650 g/mol. The molecule has 0 fully saturated rings. The highest BCUT2D eigenvalue weighted by Gasteiger charge is 2.39. The van der Waals surface area contributed by atoms with Crippen LogP contribution in [0.3, 0.4) is 0 Å². The van der Waals surface area contributed by atoms with E-state index >= 15 is 0 Å². The molecule has 1 aliphatic carbocycles. The van der Waals surface area contributed by atoms with Crippen molar-refractivity contribution in [1.82, 2.24) is 0 Å². The molecule has 16 heteroatoms. The molecule has 0 radical (unpaired) electrons. The molecule has 0 atom stereocenters. The van der Waals surface area contributed by atoms with Gasteiger partial charge in [-0.15, -0.1) is 0 Å². The Kier molecular flexibility index (Phi) is 20.7. The van der Waals surface area contributed by atoms with E-state index in [0.717, 1.165) is 21.5 Å². The van der Waals surface area contributed by atoms with Crippen molar-refractivity contribution < 1.29 is 61.3 Å². The fraction of sp³-hybridized carbons (Fsp3) is 0.273. The van der Waals surface area contributed by atoms with E-state index in [1.807, 2.05) is 128 Å². The topological polar surface area (TPSA) is 243 Å². The molecule has 0 saturated heterocycles. The molecule has 0 aromatic heterocycles. The van der Waals surface area contributed by atoms with E-state index in [9.17, 15) is 61.3 Å². The van der Waals surface area contributed by atoms with E-state index in [0.29, 0.717) is 61.7 Å². The summed E-state index contributed by atoms with van der Waals surface area (Å²) >= 11 is 14.6. The molecule has 0 saturated carbocycles. The Balaban J connectivity index is 1.23. The second kappa shape index (κ2) is 29.3. The van der Waals surface area contributed by atoms with E-state index in [4.69, 9.17) is 0 Å². The van der Waals surface area contributed by atoms with E-state index < -0.39 is 23.7 Å². The Bertz CT molecular complexity index is 4630. The van der Waals surface area contributed by atoms with Gasteiger partial charge in [0.15, 0.2) is 0 Å². The lowest BCUT2D eigenvalue weighted by Crippen LogP contribution is -2.16. The van der Waals surface area contributed by atoms with Crippen molar-refractivity contribution in [2.24, 2.45) is 23.7 Å². The van der Waals surface area contributed by atoms with Crippen LogP contribution in [0.1, 0.15) is 194 Å². The van der Waals surface area contributed by atoms with Crippen LogP contribution in [0.2, 0.25) is 0 Å². The second-order valence-electron chi connectivity index (χ2n) is 30.1. The smallest absolute Gasteiger partial charge is 0.126 e. The van der Waals surface area contributed by atoms with Crippen LogP contribution >= 0.6 is 63.7 Å². The zero-order chi connectivity index (χ0) is 74.3. The average Bonchev–Trinajstić information content (AvgIpc) is 0.732. The van der Waals surface area contributed by atoms with Crippen LogP contribution in [0.15, 0.2) is 163 Å². The molecular weight excluding hydrogens is 1570 g/mol. The van der Waals surface area contributed by atoms with Crippen molar-refractivity contribution in [3.8, 4) is 69.0 Å². The molecule has 1 aliphatic rings. The molecule has 12 nitrogen and oxygen atoms in total. The van der Waals surface area contributed by atoms with Crippen LogP contribution in [-0.4, -0.2) is 61.3 Å². The first-order valence-electron chi connectivity index (χ1n) is 35.4. The highest BCUT2D eigenvalue weighted by atomic mass is 79.9. The summed E-state index contributed by atoms with van der Waals surface area (Å²) in [5, 5.41) is 164. The molecule has 0 aliphatic heterocycles. The first kappa shape index (κ1) is 73.5. The number of halogens is 4. The SMILES string of the molecule is CC(C)CC1c2cc(c(O)c(Cc3c(O)ccc4ccc(Br)cc34)c2O)C(CC(C)C)c2cc(c(O)c(Cc3c(O)ccc4ccc(Br)cc34)c2O)C(CC(C)C)c2cc(c(O)c(Cc3c(O)ccc4ccc(Br)cc34)c2O)C(CC(C)C)c2cc1c(O)c(Cc1c(O)ccc3ccc(Br)cc13)c2O. The molecular formula is C88H84Br4O12. The van der Waals surface area contributed by atoms with Gasteiger partial charge in [-0.25, -0.2) is 0 Å². The standard InChI is InChI=1S/C88H84Br4O12/c1-41(2)25-57-65-37-67(83(99)73(81(65)97)33-61-53-29-49(89)17-9-45(53)13-21-77(61)93)58(26-42(3)4)69-39-71(87(103)75(85(69)101)35-63-55-31-51(91)19-11-47(55)15-23-79(63)95)60(28-44(7)8)72-40-70(86(102)76(88(72)104)36-64-56-32-52(92)20-12-48(56)16-24-80(64)96)59(27-43(5)6)68-38-66(57)82(98)74(84(68)100)34-62-54-30-50(90)18-10-46(54)14-22-78(62)94/h9-24,29-32,37-44,57-60,93-104H,25-28,33-36H2,1-8H3. The molecule has 0 heterocycles. The van der Waals surface area contributed by atoms with Gasteiger partial charge in [-0.2, -0.15) is 0 Å². The lowest BCUT2D eigenvalue weighted by Gasteiger charge is -2.33. The van der Waals surface area contributed by atoms with Crippen molar-refractivity contribution in [1.29, 1.82) is 0 Å². The zero-order valence-corrected chi connectivity index (χ0v) is 65.4. The third-order valence-corrected chi connectivity index (χ3v) is 23.2. The molecule has 13 rings (SSSR count). The molecule has 8 bridgehead atoms. The van der Waals surface area contributed by atoms with Crippen LogP contribution in [0.25, 0.3) is 43.1 Å². The molecule has 12 aromatic carbocycles. The highest BCUT2D eigenvalue weighted by Crippen LogP contribution is 2.58. The monoisotopic (exact) mass is 1650 g/mol. The molecule has 12 N–H and O–H groups in total. The largest absolute Gasteiger partial charge is 0.508 e. The van der Waals surface area contributed by atoms with Crippen LogP contribution in [-0.2, 0) is 25.7 Å². The van der Waals surface area contributed by atoms with E-state index in [1.54, 1.807) is 72.8 Å².